The summed E-state index contributed by atoms with van der Waals surface area (Å²) < 4.78 is 5.13. The normalized spacial score (nSPS) is 17.2. The maximum atomic E-state index is 11.1. The Balaban J connectivity index is 2.93. The molecule has 0 atom stereocenters. The van der Waals surface area contributed by atoms with Crippen molar-refractivity contribution in [3.63, 3.8) is 0 Å². The van der Waals surface area contributed by atoms with Crippen molar-refractivity contribution >= 4 is 21.9 Å². The summed E-state index contributed by atoms with van der Waals surface area (Å²) in [6.45, 7) is 0.258. The second kappa shape index (κ2) is 3.80. The van der Waals surface area contributed by atoms with Gasteiger partial charge in [0.15, 0.2) is 0 Å². The zero-order chi connectivity index (χ0) is 10.0. The van der Waals surface area contributed by atoms with Crippen LogP contribution in [0.4, 0.5) is 0 Å². The van der Waals surface area contributed by atoms with Gasteiger partial charge >= 0.3 is 5.97 Å². The first-order chi connectivity index (χ1) is 6.06. The topological polar surface area (TPSA) is 81.6 Å². The summed E-state index contributed by atoms with van der Waals surface area (Å²) in [5, 5.41) is 1.27. The van der Waals surface area contributed by atoms with E-state index < -0.39 is 5.97 Å². The number of rotatable bonds is 1. The minimum absolute atomic E-state index is 0.258. The fraction of sp³-hybridized carbons (Fsp3) is 0.286. The van der Waals surface area contributed by atoms with Crippen LogP contribution in [0.1, 0.15) is 0 Å². The average molecular weight is 248 g/mol. The van der Waals surface area contributed by atoms with E-state index in [-0.39, 0.29) is 6.54 Å². The van der Waals surface area contributed by atoms with Crippen molar-refractivity contribution in [2.75, 3.05) is 13.7 Å². The molecule has 0 fully saturated rings. The van der Waals surface area contributed by atoms with Crippen molar-refractivity contribution in [3.8, 4) is 0 Å². The molecule has 0 saturated heterocycles. The molecule has 6 heteroatoms. The van der Waals surface area contributed by atoms with Crippen molar-refractivity contribution < 1.29 is 9.53 Å². The smallest absolute Gasteiger partial charge is 0.335 e. The van der Waals surface area contributed by atoms with Crippen LogP contribution < -0.4 is 11.6 Å². The molecule has 1 heterocycles. The molecule has 13 heavy (non-hydrogen) atoms. The molecule has 0 amide bonds. The molecule has 5 nitrogen and oxygen atoms in total. The van der Waals surface area contributed by atoms with E-state index in [1.54, 1.807) is 6.08 Å². The molecule has 0 aromatic carbocycles. The quantitative estimate of drug-likeness (QED) is 0.496. The van der Waals surface area contributed by atoms with Crippen molar-refractivity contribution in [2.45, 2.75) is 0 Å². The molecule has 4 N–H and O–H groups in total. The van der Waals surface area contributed by atoms with E-state index in [1.165, 1.54) is 12.1 Å². The number of hydrogen-bond donors (Lipinski definition) is 2. The summed E-state index contributed by atoms with van der Waals surface area (Å²) >= 11 is 3.18. The first kappa shape index (κ1) is 10.1. The van der Waals surface area contributed by atoms with Gasteiger partial charge in [0, 0.05) is 0 Å². The Morgan fingerprint density at radius 1 is 1.77 bits per heavy atom. The predicted octanol–water partition coefficient (Wildman–Crippen LogP) is -0.202. The Morgan fingerprint density at radius 3 is 2.85 bits per heavy atom. The lowest BCUT2D eigenvalue weighted by Crippen LogP contribution is -2.39. The minimum Gasteiger partial charge on any atom is -0.466 e. The maximum Gasteiger partial charge on any atom is 0.335 e. The molecular formula is C7H10BrN3O2. The molecule has 1 aliphatic heterocycles. The number of carbonyl (C=O) groups is 1. The van der Waals surface area contributed by atoms with Gasteiger partial charge in [0.1, 0.15) is 5.82 Å². The fourth-order valence-corrected chi connectivity index (χ4v) is 1.44. The highest BCUT2D eigenvalue weighted by Gasteiger charge is 2.19. The lowest BCUT2D eigenvalue weighted by Gasteiger charge is -2.24. The molecule has 0 spiro atoms. The zero-order valence-corrected chi connectivity index (χ0v) is 8.67. The summed E-state index contributed by atoms with van der Waals surface area (Å²) in [6.07, 6.45) is 1.60. The molecule has 0 bridgehead atoms. The summed E-state index contributed by atoms with van der Waals surface area (Å²) in [5.41, 5.74) is 6.03. The molecule has 1 aliphatic rings. The molecule has 72 valence electrons. The molecular weight excluding hydrogens is 238 g/mol. The van der Waals surface area contributed by atoms with Crippen molar-refractivity contribution in [2.24, 2.45) is 11.6 Å². The summed E-state index contributed by atoms with van der Waals surface area (Å²) in [5.74, 6) is 5.52. The second-order valence-electron chi connectivity index (χ2n) is 2.52. The van der Waals surface area contributed by atoms with Gasteiger partial charge in [0.25, 0.3) is 0 Å². The lowest BCUT2D eigenvalue weighted by atomic mass is 10.2. The number of ether oxygens (including phenoxy) is 1. The Labute approximate surface area is 84.1 Å². The second-order valence-corrected chi connectivity index (χ2v) is 3.38. The van der Waals surface area contributed by atoms with Crippen LogP contribution in [-0.4, -0.2) is 24.6 Å². The highest BCUT2D eigenvalue weighted by atomic mass is 79.9. The van der Waals surface area contributed by atoms with E-state index in [0.717, 1.165) is 0 Å². The van der Waals surface area contributed by atoms with Crippen LogP contribution in [-0.2, 0) is 9.53 Å². The molecule has 0 aromatic heterocycles. The van der Waals surface area contributed by atoms with Crippen LogP contribution >= 0.6 is 15.9 Å². The van der Waals surface area contributed by atoms with E-state index in [1.807, 2.05) is 0 Å². The number of hydrazine groups is 1. The van der Waals surface area contributed by atoms with Crippen LogP contribution in [0.2, 0.25) is 0 Å². The molecule has 0 aromatic rings. The van der Waals surface area contributed by atoms with Gasteiger partial charge in [-0.3, -0.25) is 5.01 Å². The molecule has 0 radical (unpaired) electrons. The lowest BCUT2D eigenvalue weighted by molar-refractivity contribution is -0.136. The van der Waals surface area contributed by atoms with E-state index >= 15 is 0 Å². The number of carbonyl (C=O) groups excluding carboxylic acids is 1. The van der Waals surface area contributed by atoms with Gasteiger partial charge in [-0.15, -0.1) is 0 Å². The number of esters is 1. The molecule has 0 unspecified atom stereocenters. The maximum absolute atomic E-state index is 11.1. The Bertz CT molecular complexity index is 298. The minimum atomic E-state index is -0.403. The fourth-order valence-electron chi connectivity index (χ4n) is 0.933. The third-order valence-corrected chi connectivity index (χ3v) is 2.28. The van der Waals surface area contributed by atoms with E-state index in [9.17, 15) is 4.79 Å². The van der Waals surface area contributed by atoms with Crippen molar-refractivity contribution in [3.05, 3.63) is 22.0 Å². The summed E-state index contributed by atoms with van der Waals surface area (Å²) in [4.78, 5) is 11.1. The van der Waals surface area contributed by atoms with Crippen molar-refractivity contribution in [1.82, 2.24) is 5.01 Å². The van der Waals surface area contributed by atoms with Crippen LogP contribution in [0.25, 0.3) is 0 Å². The highest BCUT2D eigenvalue weighted by Crippen LogP contribution is 2.20. The predicted molar refractivity (Wildman–Crippen MR) is 51.1 cm³/mol. The number of allylic oxidation sites excluding steroid dienone is 2. The van der Waals surface area contributed by atoms with Crippen LogP contribution in [0, 0.1) is 0 Å². The van der Waals surface area contributed by atoms with Gasteiger partial charge in [-0.1, -0.05) is 0 Å². The molecule has 1 rings (SSSR count). The average Bonchev–Trinajstić information content (AvgIpc) is 2.12. The number of nitrogens with zero attached hydrogens (tertiary/aromatic N) is 1. The number of halogens is 1. The van der Waals surface area contributed by atoms with Gasteiger partial charge in [0.05, 0.1) is 23.7 Å². The number of nitrogens with two attached hydrogens (primary N) is 2. The van der Waals surface area contributed by atoms with Gasteiger partial charge < -0.3 is 10.5 Å². The molecule has 0 aliphatic carbocycles. The standard InChI is InChI=1S/C7H10BrN3O2/c1-13-7(12)4-2-5(8)6(9)11(10)3-4/h2H,3,9-10H2,1H3. The van der Waals surface area contributed by atoms with Crippen LogP contribution in [0.15, 0.2) is 22.0 Å². The SMILES string of the molecule is COC(=O)C1=CC(Br)=C(N)N(N)C1. The zero-order valence-electron chi connectivity index (χ0n) is 7.08. The monoisotopic (exact) mass is 247 g/mol. The van der Waals surface area contributed by atoms with Crippen LogP contribution in [0.3, 0.4) is 0 Å². The first-order valence-electron chi connectivity index (χ1n) is 3.52. The summed E-state index contributed by atoms with van der Waals surface area (Å²) in [6, 6.07) is 0. The third-order valence-electron chi connectivity index (χ3n) is 1.64. The molecule has 0 saturated carbocycles. The van der Waals surface area contributed by atoms with Gasteiger partial charge in [-0.2, -0.15) is 0 Å². The highest BCUT2D eigenvalue weighted by molar-refractivity contribution is 9.11. The first-order valence-corrected chi connectivity index (χ1v) is 4.32. The number of methoxy groups -OCH3 is 1. The number of hydrogen-bond acceptors (Lipinski definition) is 5. The Morgan fingerprint density at radius 2 is 2.38 bits per heavy atom. The van der Waals surface area contributed by atoms with E-state index in [2.05, 4.69) is 20.7 Å². The van der Waals surface area contributed by atoms with Gasteiger partial charge in [-0.05, 0) is 22.0 Å². The Kier molecular flexibility index (Phi) is 2.94. The third kappa shape index (κ3) is 2.02. The van der Waals surface area contributed by atoms with Crippen LogP contribution in [0.5, 0.6) is 0 Å². The van der Waals surface area contributed by atoms with Gasteiger partial charge in [-0.25, -0.2) is 10.6 Å². The van der Waals surface area contributed by atoms with E-state index in [0.29, 0.717) is 15.9 Å². The van der Waals surface area contributed by atoms with E-state index in [4.69, 9.17) is 11.6 Å². The summed E-state index contributed by atoms with van der Waals surface area (Å²) in [7, 11) is 1.32. The van der Waals surface area contributed by atoms with Crippen molar-refractivity contribution in [1.29, 1.82) is 0 Å². The largest absolute Gasteiger partial charge is 0.466 e. The Hall–Kier alpha value is -1.01. The van der Waals surface area contributed by atoms with Gasteiger partial charge in [0.2, 0.25) is 0 Å².